The van der Waals surface area contributed by atoms with E-state index in [0.29, 0.717) is 4.90 Å². The van der Waals surface area contributed by atoms with Crippen LogP contribution in [0, 0.1) is 0 Å². The molecule has 0 aromatic heterocycles. The van der Waals surface area contributed by atoms with Gasteiger partial charge in [0.2, 0.25) is 0 Å². The molecule has 3 rings (SSSR count). The van der Waals surface area contributed by atoms with Gasteiger partial charge >= 0.3 is 0 Å². The van der Waals surface area contributed by atoms with E-state index in [-0.39, 0.29) is 11.7 Å². The van der Waals surface area contributed by atoms with Gasteiger partial charge in [-0.15, -0.1) is 0 Å². The third-order valence-corrected chi connectivity index (χ3v) is 6.78. The lowest BCUT2D eigenvalue weighted by Gasteiger charge is -2.18. The molecule has 1 atom stereocenters. The number of allylic oxidation sites excluding steroid dienone is 1. The highest BCUT2D eigenvalue weighted by atomic mass is 32.2. The molecule has 0 fully saturated rings. The Bertz CT molecular complexity index is 913. The Morgan fingerprint density at radius 1 is 1.04 bits per heavy atom. The quantitative estimate of drug-likeness (QED) is 0.752. The molecule has 2 aromatic rings. The zero-order valence-corrected chi connectivity index (χ0v) is 16.6. The maximum atomic E-state index is 12.4. The topological polar surface area (TPSA) is 37.4 Å². The van der Waals surface area contributed by atoms with Gasteiger partial charge in [0.1, 0.15) is 0 Å². The van der Waals surface area contributed by atoms with Crippen LogP contribution in [0.25, 0.3) is 0 Å². The second-order valence-electron chi connectivity index (χ2n) is 7.13. The van der Waals surface area contributed by atoms with Crippen molar-refractivity contribution in [2.75, 3.05) is 26.4 Å². The number of hydrogen-bond donors (Lipinski definition) is 0. The number of aryl methyl sites for hydroxylation is 2. The molecule has 0 radical (unpaired) electrons. The summed E-state index contributed by atoms with van der Waals surface area (Å²) in [5.41, 5.74) is 5.01. The van der Waals surface area contributed by atoms with Gasteiger partial charge in [-0.25, -0.2) is 8.42 Å². The van der Waals surface area contributed by atoms with E-state index in [4.69, 9.17) is 0 Å². The summed E-state index contributed by atoms with van der Waals surface area (Å²) in [6.45, 7) is 2.56. The van der Waals surface area contributed by atoms with Crippen LogP contribution in [0.15, 0.2) is 59.5 Å². The van der Waals surface area contributed by atoms with Gasteiger partial charge < -0.3 is 4.90 Å². The molecular formula is C22H27NO2S. The molecule has 1 unspecified atom stereocenters. The molecule has 3 nitrogen and oxygen atoms in total. The molecule has 0 amide bonds. The van der Waals surface area contributed by atoms with Gasteiger partial charge in [-0.3, -0.25) is 0 Å². The lowest BCUT2D eigenvalue weighted by Crippen LogP contribution is -2.11. The molecule has 1 aliphatic rings. The minimum Gasteiger partial charge on any atom is -0.306 e. The molecule has 0 saturated heterocycles. The van der Waals surface area contributed by atoms with Gasteiger partial charge in [0.25, 0.3) is 0 Å². The zero-order valence-electron chi connectivity index (χ0n) is 15.8. The van der Waals surface area contributed by atoms with Crippen LogP contribution in [0.3, 0.4) is 0 Å². The summed E-state index contributed by atoms with van der Waals surface area (Å²) in [6.07, 6.45) is 6.33. The molecule has 0 spiro atoms. The van der Waals surface area contributed by atoms with Crippen LogP contribution in [0.5, 0.6) is 0 Å². The van der Waals surface area contributed by atoms with Gasteiger partial charge in [-0.2, -0.15) is 0 Å². The van der Waals surface area contributed by atoms with E-state index in [9.17, 15) is 8.42 Å². The van der Waals surface area contributed by atoms with Gasteiger partial charge in [-0.1, -0.05) is 49.4 Å². The number of nitrogens with zero attached hydrogens (tertiary/aromatic N) is 1. The van der Waals surface area contributed by atoms with E-state index in [1.54, 1.807) is 13.0 Å². The summed E-state index contributed by atoms with van der Waals surface area (Å²) < 4.78 is 24.8. The van der Waals surface area contributed by atoms with Crippen molar-refractivity contribution in [3.63, 3.8) is 0 Å². The van der Waals surface area contributed by atoms with Crippen LogP contribution in [0.1, 0.15) is 35.1 Å². The van der Waals surface area contributed by atoms with E-state index < -0.39 is 9.84 Å². The zero-order chi connectivity index (χ0) is 18.7. The SMILES string of the molecule is CCS(=O)(=O)c1ccc2c(c1)C(/C=C/CN(C)C)c1ccccc1CC2. The number of likely N-dealkylation sites (N-methyl/N-ethyl adjacent to an activating group) is 1. The van der Waals surface area contributed by atoms with Crippen LogP contribution < -0.4 is 0 Å². The van der Waals surface area contributed by atoms with Crippen LogP contribution in [0.4, 0.5) is 0 Å². The van der Waals surface area contributed by atoms with Gasteiger partial charge in [0, 0.05) is 12.5 Å². The Balaban J connectivity index is 2.14. The number of sulfone groups is 1. The summed E-state index contributed by atoms with van der Waals surface area (Å²) in [5, 5.41) is 0. The van der Waals surface area contributed by atoms with Crippen molar-refractivity contribution in [1.29, 1.82) is 0 Å². The third-order valence-electron chi connectivity index (χ3n) is 5.04. The van der Waals surface area contributed by atoms with Crippen molar-refractivity contribution in [3.05, 3.63) is 76.9 Å². The number of benzene rings is 2. The monoisotopic (exact) mass is 369 g/mol. The molecule has 0 saturated carbocycles. The first-order chi connectivity index (χ1) is 12.4. The van der Waals surface area contributed by atoms with Crippen LogP contribution in [0.2, 0.25) is 0 Å². The molecule has 0 N–H and O–H groups in total. The number of fused-ring (bicyclic) bond motifs is 2. The summed E-state index contributed by atoms with van der Waals surface area (Å²) in [6, 6.07) is 14.2. The van der Waals surface area contributed by atoms with E-state index in [2.05, 4.69) is 41.3 Å². The molecule has 4 heteroatoms. The Morgan fingerprint density at radius 3 is 2.42 bits per heavy atom. The predicted octanol–water partition coefficient (Wildman–Crippen LogP) is 3.83. The Labute approximate surface area is 157 Å². The highest BCUT2D eigenvalue weighted by Gasteiger charge is 2.23. The first kappa shape index (κ1) is 18.9. The Kier molecular flexibility index (Phi) is 5.64. The second-order valence-corrected chi connectivity index (χ2v) is 9.41. The fourth-order valence-corrected chi connectivity index (χ4v) is 4.48. The second kappa shape index (κ2) is 7.77. The lowest BCUT2D eigenvalue weighted by molar-refractivity contribution is 0.456. The van der Waals surface area contributed by atoms with E-state index in [1.165, 1.54) is 16.7 Å². The fraction of sp³-hybridized carbons (Fsp3) is 0.364. The maximum Gasteiger partial charge on any atom is 0.178 e. The van der Waals surface area contributed by atoms with E-state index in [0.717, 1.165) is 24.9 Å². The van der Waals surface area contributed by atoms with E-state index >= 15 is 0 Å². The molecule has 0 aliphatic heterocycles. The lowest BCUT2D eigenvalue weighted by atomic mass is 9.88. The van der Waals surface area contributed by atoms with Crippen LogP contribution in [-0.4, -0.2) is 39.7 Å². The van der Waals surface area contributed by atoms with E-state index in [1.807, 2.05) is 26.2 Å². The minimum absolute atomic E-state index is 0.0932. The summed E-state index contributed by atoms with van der Waals surface area (Å²) in [7, 11) is 0.883. The number of hydrogen-bond acceptors (Lipinski definition) is 3. The molecule has 138 valence electrons. The summed E-state index contributed by atoms with van der Waals surface area (Å²) in [4.78, 5) is 2.56. The molecule has 0 bridgehead atoms. The van der Waals surface area contributed by atoms with Crippen molar-refractivity contribution >= 4 is 9.84 Å². The first-order valence-corrected chi connectivity index (χ1v) is 10.8. The van der Waals surface area contributed by atoms with Gasteiger partial charge in [0.15, 0.2) is 9.84 Å². The Morgan fingerprint density at radius 2 is 1.73 bits per heavy atom. The van der Waals surface area contributed by atoms with Crippen molar-refractivity contribution in [2.24, 2.45) is 0 Å². The molecule has 2 aromatic carbocycles. The normalized spacial score (nSPS) is 17.2. The largest absolute Gasteiger partial charge is 0.306 e. The highest BCUT2D eigenvalue weighted by Crippen LogP contribution is 2.36. The van der Waals surface area contributed by atoms with Crippen LogP contribution in [-0.2, 0) is 22.7 Å². The molecule has 0 heterocycles. The number of rotatable bonds is 5. The van der Waals surface area contributed by atoms with Crippen LogP contribution >= 0.6 is 0 Å². The first-order valence-electron chi connectivity index (χ1n) is 9.17. The standard InChI is InChI=1S/C22H27NO2S/c1-4-26(24,25)19-14-13-18-12-11-17-8-5-6-9-20(17)21(22(18)16-19)10-7-15-23(2)3/h5-10,13-14,16,21H,4,11-12,15H2,1-3H3/b10-7+. The molecule has 1 aliphatic carbocycles. The third kappa shape index (κ3) is 3.92. The van der Waals surface area contributed by atoms with Gasteiger partial charge in [0.05, 0.1) is 10.6 Å². The van der Waals surface area contributed by atoms with Gasteiger partial charge in [-0.05, 0) is 61.3 Å². The average molecular weight is 370 g/mol. The summed E-state index contributed by atoms with van der Waals surface area (Å²) >= 11 is 0. The molecular weight excluding hydrogens is 342 g/mol. The van der Waals surface area contributed by atoms with Crippen molar-refractivity contribution in [1.82, 2.24) is 4.90 Å². The smallest absolute Gasteiger partial charge is 0.178 e. The summed E-state index contributed by atoms with van der Waals surface area (Å²) in [5.74, 6) is 0.222. The minimum atomic E-state index is -3.21. The maximum absolute atomic E-state index is 12.4. The van der Waals surface area contributed by atoms with Crippen molar-refractivity contribution in [3.8, 4) is 0 Å². The molecule has 26 heavy (non-hydrogen) atoms. The highest BCUT2D eigenvalue weighted by molar-refractivity contribution is 7.91. The fourth-order valence-electron chi connectivity index (χ4n) is 3.57. The Hall–Kier alpha value is -1.91. The average Bonchev–Trinajstić information content (AvgIpc) is 2.78. The van der Waals surface area contributed by atoms with Crippen molar-refractivity contribution in [2.45, 2.75) is 30.6 Å². The predicted molar refractivity (Wildman–Crippen MR) is 108 cm³/mol. The van der Waals surface area contributed by atoms with Crippen molar-refractivity contribution < 1.29 is 8.42 Å².